The van der Waals surface area contributed by atoms with E-state index in [4.69, 9.17) is 17.3 Å². The fraction of sp³-hybridized carbons (Fsp3) is 0.240. The van der Waals surface area contributed by atoms with Crippen molar-refractivity contribution in [3.05, 3.63) is 76.3 Å². The maximum Gasteiger partial charge on any atom is 0.249 e. The summed E-state index contributed by atoms with van der Waals surface area (Å²) in [6.45, 7) is 2.70. The van der Waals surface area contributed by atoms with Crippen LogP contribution in [0.3, 0.4) is 0 Å². The van der Waals surface area contributed by atoms with Gasteiger partial charge in [-0.05, 0) is 54.3 Å². The number of fused-ring (bicyclic) bond motifs is 3. The van der Waals surface area contributed by atoms with E-state index in [9.17, 15) is 9.90 Å². The van der Waals surface area contributed by atoms with Gasteiger partial charge in [0.25, 0.3) is 0 Å². The van der Waals surface area contributed by atoms with Crippen LogP contribution in [0.4, 0.5) is 0 Å². The number of nitrogens with two attached hydrogens (primary N) is 1. The van der Waals surface area contributed by atoms with Crippen LogP contribution in [0.15, 0.2) is 54.6 Å². The molecule has 4 aromatic rings. The topological polar surface area (TPSA) is 68.2 Å². The number of amides is 1. The number of unbranched alkanes of at least 4 members (excludes halogenated alkanes) is 2. The average molecular weight is 421 g/mol. The lowest BCUT2D eigenvalue weighted by atomic mass is 10.0. The van der Waals surface area contributed by atoms with E-state index in [1.165, 1.54) is 0 Å². The number of halogens is 1. The van der Waals surface area contributed by atoms with Crippen LogP contribution >= 0.6 is 11.6 Å². The summed E-state index contributed by atoms with van der Waals surface area (Å²) in [5.41, 5.74) is 9.85. The fourth-order valence-corrected chi connectivity index (χ4v) is 4.39. The molecule has 0 unspecified atom stereocenters. The summed E-state index contributed by atoms with van der Waals surface area (Å²) in [6.07, 6.45) is 4.25. The SMILES string of the molecule is CCCCCc1cc(O)c2c3c(C(N)=O)cccc3n(Cc3ccccc3Cl)c2c1. The van der Waals surface area contributed by atoms with Gasteiger partial charge in [0.05, 0.1) is 16.4 Å². The Labute approximate surface area is 180 Å². The van der Waals surface area contributed by atoms with Crippen molar-refractivity contribution in [3.63, 3.8) is 0 Å². The lowest BCUT2D eigenvalue weighted by Crippen LogP contribution is -2.11. The van der Waals surface area contributed by atoms with Gasteiger partial charge >= 0.3 is 0 Å². The number of rotatable bonds is 7. The number of nitrogens with zero attached hydrogens (tertiary/aromatic N) is 1. The Morgan fingerprint density at radius 2 is 1.83 bits per heavy atom. The molecule has 3 aromatic carbocycles. The fourth-order valence-electron chi connectivity index (χ4n) is 4.19. The quantitative estimate of drug-likeness (QED) is 0.358. The van der Waals surface area contributed by atoms with E-state index in [2.05, 4.69) is 17.6 Å². The van der Waals surface area contributed by atoms with Crippen molar-refractivity contribution < 1.29 is 9.90 Å². The number of carbonyl (C=O) groups is 1. The molecule has 30 heavy (non-hydrogen) atoms. The predicted octanol–water partition coefficient (Wildman–Crippen LogP) is 6.03. The van der Waals surface area contributed by atoms with E-state index in [1.807, 2.05) is 42.5 Å². The van der Waals surface area contributed by atoms with Crippen LogP contribution in [0.5, 0.6) is 5.75 Å². The number of aryl methyl sites for hydroxylation is 1. The second-order valence-corrected chi connectivity index (χ2v) is 8.11. The zero-order valence-electron chi connectivity index (χ0n) is 17.0. The number of aromatic hydroxyl groups is 1. The lowest BCUT2D eigenvalue weighted by Gasteiger charge is -2.11. The van der Waals surface area contributed by atoms with E-state index in [1.54, 1.807) is 6.07 Å². The summed E-state index contributed by atoms with van der Waals surface area (Å²) in [4.78, 5) is 12.1. The molecule has 0 aliphatic rings. The molecule has 4 nitrogen and oxygen atoms in total. The summed E-state index contributed by atoms with van der Waals surface area (Å²) in [7, 11) is 0. The number of benzene rings is 3. The molecule has 0 atom stereocenters. The largest absolute Gasteiger partial charge is 0.507 e. The first-order valence-corrected chi connectivity index (χ1v) is 10.7. The normalized spacial score (nSPS) is 11.4. The van der Waals surface area contributed by atoms with Crippen LogP contribution in [0.1, 0.15) is 47.7 Å². The highest BCUT2D eigenvalue weighted by Gasteiger charge is 2.20. The third-order valence-corrected chi connectivity index (χ3v) is 6.02. The summed E-state index contributed by atoms with van der Waals surface area (Å²) in [6, 6.07) is 17.1. The second-order valence-electron chi connectivity index (χ2n) is 7.71. The monoisotopic (exact) mass is 420 g/mol. The van der Waals surface area contributed by atoms with Crippen molar-refractivity contribution in [2.24, 2.45) is 5.73 Å². The number of carbonyl (C=O) groups excluding carboxylic acids is 1. The van der Waals surface area contributed by atoms with Gasteiger partial charge in [-0.25, -0.2) is 0 Å². The van der Waals surface area contributed by atoms with Gasteiger partial charge in [-0.1, -0.05) is 55.6 Å². The van der Waals surface area contributed by atoms with E-state index in [0.29, 0.717) is 27.9 Å². The van der Waals surface area contributed by atoms with Crippen molar-refractivity contribution in [2.75, 3.05) is 0 Å². The Kier molecular flexibility index (Phi) is 5.69. The van der Waals surface area contributed by atoms with Crippen LogP contribution in [0.25, 0.3) is 21.8 Å². The Bertz CT molecular complexity index is 1240. The maximum atomic E-state index is 12.1. The summed E-state index contributed by atoms with van der Waals surface area (Å²) >= 11 is 6.44. The molecule has 0 radical (unpaired) electrons. The molecule has 1 heterocycles. The van der Waals surface area contributed by atoms with Crippen molar-refractivity contribution in [1.29, 1.82) is 0 Å². The van der Waals surface area contributed by atoms with Crippen molar-refractivity contribution >= 4 is 39.3 Å². The van der Waals surface area contributed by atoms with E-state index < -0.39 is 5.91 Å². The van der Waals surface area contributed by atoms with Gasteiger partial charge < -0.3 is 15.4 Å². The molecular weight excluding hydrogens is 396 g/mol. The molecule has 1 amide bonds. The standard InChI is InChI=1S/C25H25ClN2O2/c1-2-3-4-8-16-13-21-24(22(29)14-16)23-18(25(27)30)10-7-12-20(23)28(21)15-17-9-5-6-11-19(17)26/h5-7,9-14,29H,2-4,8,15H2,1H3,(H2,27,30). The first kappa shape index (κ1) is 20.3. The minimum Gasteiger partial charge on any atom is -0.507 e. The van der Waals surface area contributed by atoms with Crippen LogP contribution in [-0.2, 0) is 13.0 Å². The summed E-state index contributed by atoms with van der Waals surface area (Å²) in [5.74, 6) is -0.334. The molecule has 0 bridgehead atoms. The molecule has 0 saturated heterocycles. The van der Waals surface area contributed by atoms with Crippen LogP contribution < -0.4 is 5.73 Å². The molecule has 154 valence electrons. The Balaban J connectivity index is 1.99. The Morgan fingerprint density at radius 3 is 2.57 bits per heavy atom. The van der Waals surface area contributed by atoms with Crippen molar-refractivity contribution in [2.45, 2.75) is 39.2 Å². The molecule has 0 fully saturated rings. The number of phenolic OH excluding ortho intramolecular Hbond substituents is 1. The zero-order valence-corrected chi connectivity index (χ0v) is 17.7. The molecule has 0 aliphatic heterocycles. The van der Waals surface area contributed by atoms with Crippen molar-refractivity contribution in [1.82, 2.24) is 4.57 Å². The minimum absolute atomic E-state index is 0.176. The zero-order chi connectivity index (χ0) is 21.3. The molecular formula is C25H25ClN2O2. The van der Waals surface area contributed by atoms with E-state index >= 15 is 0 Å². The number of phenols is 1. The molecule has 0 saturated carbocycles. The smallest absolute Gasteiger partial charge is 0.249 e. The third-order valence-electron chi connectivity index (χ3n) is 5.65. The second kappa shape index (κ2) is 8.41. The van der Waals surface area contributed by atoms with Crippen LogP contribution in [0, 0.1) is 0 Å². The van der Waals surface area contributed by atoms with E-state index in [-0.39, 0.29) is 5.75 Å². The first-order chi connectivity index (χ1) is 14.5. The van der Waals surface area contributed by atoms with E-state index in [0.717, 1.165) is 47.8 Å². The highest BCUT2D eigenvalue weighted by atomic mass is 35.5. The molecule has 0 aliphatic carbocycles. The Morgan fingerprint density at radius 1 is 1.03 bits per heavy atom. The van der Waals surface area contributed by atoms with Gasteiger partial charge in [-0.15, -0.1) is 0 Å². The number of hydrogen-bond acceptors (Lipinski definition) is 2. The molecule has 4 rings (SSSR count). The predicted molar refractivity (Wildman–Crippen MR) is 123 cm³/mol. The molecule has 0 spiro atoms. The molecule has 3 N–H and O–H groups in total. The van der Waals surface area contributed by atoms with Gasteiger partial charge in [-0.3, -0.25) is 4.79 Å². The number of hydrogen-bond donors (Lipinski definition) is 2. The maximum absolute atomic E-state index is 12.1. The average Bonchev–Trinajstić information content (AvgIpc) is 3.04. The molecule has 1 aromatic heterocycles. The lowest BCUT2D eigenvalue weighted by molar-refractivity contribution is 0.100. The minimum atomic E-state index is -0.510. The molecule has 5 heteroatoms. The van der Waals surface area contributed by atoms with Crippen LogP contribution in [0.2, 0.25) is 5.02 Å². The summed E-state index contributed by atoms with van der Waals surface area (Å²) in [5, 5.41) is 13.0. The van der Waals surface area contributed by atoms with Crippen LogP contribution in [-0.4, -0.2) is 15.6 Å². The van der Waals surface area contributed by atoms with Gasteiger partial charge in [0.2, 0.25) is 5.91 Å². The third kappa shape index (κ3) is 3.63. The van der Waals surface area contributed by atoms with Gasteiger partial charge in [0.1, 0.15) is 5.75 Å². The van der Waals surface area contributed by atoms with Gasteiger partial charge in [0.15, 0.2) is 0 Å². The summed E-state index contributed by atoms with van der Waals surface area (Å²) < 4.78 is 2.11. The van der Waals surface area contributed by atoms with Crippen molar-refractivity contribution in [3.8, 4) is 5.75 Å². The highest BCUT2D eigenvalue weighted by molar-refractivity contribution is 6.31. The van der Waals surface area contributed by atoms with Gasteiger partial charge in [-0.2, -0.15) is 0 Å². The number of primary amides is 1. The Hall–Kier alpha value is -2.98. The first-order valence-electron chi connectivity index (χ1n) is 10.3. The highest BCUT2D eigenvalue weighted by Crippen LogP contribution is 2.39. The number of aromatic nitrogens is 1. The van der Waals surface area contributed by atoms with Gasteiger partial charge in [0, 0.05) is 22.5 Å².